The Hall–Kier alpha value is -2.77. The quantitative estimate of drug-likeness (QED) is 0.628. The first-order valence-electron chi connectivity index (χ1n) is 5.14. The summed E-state index contributed by atoms with van der Waals surface area (Å²) < 4.78 is 2.53. The Morgan fingerprint density at radius 1 is 1.44 bits per heavy atom. The highest BCUT2D eigenvalue weighted by Crippen LogP contribution is 2.05. The lowest BCUT2D eigenvalue weighted by Crippen LogP contribution is -2.17. The molecule has 3 rings (SSSR count). The van der Waals surface area contributed by atoms with Crippen LogP contribution in [0.25, 0.3) is 5.52 Å². The van der Waals surface area contributed by atoms with Crippen LogP contribution in [0.5, 0.6) is 0 Å². The van der Waals surface area contributed by atoms with E-state index in [1.807, 2.05) is 0 Å². The summed E-state index contributed by atoms with van der Waals surface area (Å²) in [5.41, 5.74) is 0.357. The molecule has 18 heavy (non-hydrogen) atoms. The number of fused-ring (bicyclic) bond motifs is 1. The maximum atomic E-state index is 12.1. The Morgan fingerprint density at radius 2 is 2.28 bits per heavy atom. The summed E-state index contributed by atoms with van der Waals surface area (Å²) in [7, 11) is 0. The van der Waals surface area contributed by atoms with E-state index in [0.717, 1.165) is 0 Å². The maximum Gasteiger partial charge on any atom is 0.286 e. The average Bonchev–Trinajstić information content (AvgIpc) is 2.96. The zero-order chi connectivity index (χ0) is 12.7. The van der Waals surface area contributed by atoms with E-state index < -0.39 is 11.5 Å². The number of rotatable bonds is 1. The molecule has 3 aromatic heterocycles. The molecule has 0 aromatic carbocycles. The third-order valence-electron chi connectivity index (χ3n) is 2.48. The molecule has 0 aliphatic heterocycles. The van der Waals surface area contributed by atoms with Crippen molar-refractivity contribution in [2.24, 2.45) is 0 Å². The minimum Gasteiger partial charge on any atom is -0.323 e. The number of H-pyrrole nitrogens is 1. The number of aromatic amines is 1. The Kier molecular flexibility index (Phi) is 2.09. The zero-order valence-corrected chi connectivity index (χ0v) is 9.36. The minimum atomic E-state index is -0.447. The molecule has 0 fully saturated rings. The molecule has 8 nitrogen and oxygen atoms in total. The van der Waals surface area contributed by atoms with Crippen LogP contribution in [0, 0.1) is 6.92 Å². The number of hydrogen-bond donors (Lipinski definition) is 1. The molecule has 3 heterocycles. The fourth-order valence-electron chi connectivity index (χ4n) is 1.70. The van der Waals surface area contributed by atoms with E-state index in [0.29, 0.717) is 5.69 Å². The Balaban J connectivity index is 2.25. The number of carbonyl (C=O) groups is 1. The molecule has 0 bridgehead atoms. The number of hydrogen-bond acceptors (Lipinski definition) is 5. The lowest BCUT2D eigenvalue weighted by molar-refractivity contribution is 0.0956. The summed E-state index contributed by atoms with van der Waals surface area (Å²) in [6.07, 6.45) is 5.89. The lowest BCUT2D eigenvalue weighted by Gasteiger charge is -1.97. The van der Waals surface area contributed by atoms with Crippen LogP contribution in [-0.4, -0.2) is 35.3 Å². The van der Waals surface area contributed by atoms with Gasteiger partial charge in [0.1, 0.15) is 6.33 Å². The van der Waals surface area contributed by atoms with Gasteiger partial charge in [-0.3, -0.25) is 14.2 Å². The molecule has 90 valence electrons. The van der Waals surface area contributed by atoms with Gasteiger partial charge in [-0.1, -0.05) is 5.21 Å². The number of imidazole rings is 1. The maximum absolute atomic E-state index is 12.1. The summed E-state index contributed by atoms with van der Waals surface area (Å²) in [6, 6.07) is 0. The van der Waals surface area contributed by atoms with E-state index in [1.165, 1.54) is 27.8 Å². The van der Waals surface area contributed by atoms with Gasteiger partial charge in [-0.2, -0.15) is 0 Å². The van der Waals surface area contributed by atoms with Crippen molar-refractivity contribution in [2.45, 2.75) is 6.92 Å². The Bertz CT molecular complexity index is 782. The highest BCUT2D eigenvalue weighted by Gasteiger charge is 2.19. The van der Waals surface area contributed by atoms with Gasteiger partial charge in [0.2, 0.25) is 0 Å². The number of aromatic nitrogens is 6. The zero-order valence-electron chi connectivity index (χ0n) is 9.36. The van der Waals surface area contributed by atoms with E-state index in [1.54, 1.807) is 13.1 Å². The predicted molar refractivity (Wildman–Crippen MR) is 60.3 cm³/mol. The summed E-state index contributed by atoms with van der Waals surface area (Å²) >= 11 is 0. The number of aryl methyl sites for hydroxylation is 1. The van der Waals surface area contributed by atoms with Crippen LogP contribution < -0.4 is 5.56 Å². The Labute approximate surface area is 99.9 Å². The van der Waals surface area contributed by atoms with Crippen LogP contribution >= 0.6 is 0 Å². The topological polar surface area (TPSA) is 97.9 Å². The van der Waals surface area contributed by atoms with Crippen LogP contribution in [0.1, 0.15) is 16.2 Å². The van der Waals surface area contributed by atoms with Gasteiger partial charge in [0.05, 0.1) is 6.20 Å². The second kappa shape index (κ2) is 3.62. The molecule has 3 aromatic rings. The molecule has 0 amide bonds. The van der Waals surface area contributed by atoms with E-state index in [2.05, 4.69) is 20.3 Å². The molecule has 0 unspecified atom stereocenters. The van der Waals surface area contributed by atoms with Crippen molar-refractivity contribution >= 4 is 11.4 Å². The predicted octanol–water partition coefficient (Wildman–Crippen LogP) is -0.389. The molecule has 0 radical (unpaired) electrons. The minimum absolute atomic E-state index is 0.00532. The van der Waals surface area contributed by atoms with Crippen LogP contribution in [0.15, 0.2) is 29.7 Å². The van der Waals surface area contributed by atoms with E-state index in [9.17, 15) is 9.59 Å². The molecular formula is C10H8N6O2. The number of nitrogens with one attached hydrogen (secondary N) is 1. The monoisotopic (exact) mass is 244 g/mol. The smallest absolute Gasteiger partial charge is 0.286 e. The van der Waals surface area contributed by atoms with Gasteiger partial charge in [-0.25, -0.2) is 9.50 Å². The van der Waals surface area contributed by atoms with Crippen molar-refractivity contribution < 1.29 is 4.79 Å². The third kappa shape index (κ3) is 1.43. The molecule has 0 aliphatic rings. The SMILES string of the molecule is Cc1cn2nnc(C(=O)n3ccnc3)c2c(=O)[nH]1. The van der Waals surface area contributed by atoms with Crippen LogP contribution in [0.3, 0.4) is 0 Å². The van der Waals surface area contributed by atoms with E-state index in [-0.39, 0.29) is 11.2 Å². The molecule has 1 N–H and O–H groups in total. The van der Waals surface area contributed by atoms with E-state index >= 15 is 0 Å². The molecular weight excluding hydrogens is 236 g/mol. The normalized spacial score (nSPS) is 10.9. The van der Waals surface area contributed by atoms with Crippen LogP contribution in [-0.2, 0) is 0 Å². The van der Waals surface area contributed by atoms with Gasteiger partial charge in [-0.05, 0) is 6.92 Å². The Morgan fingerprint density at radius 3 is 3.00 bits per heavy atom. The number of nitrogens with zero attached hydrogens (tertiary/aromatic N) is 5. The highest BCUT2D eigenvalue weighted by molar-refractivity contribution is 5.99. The standard InChI is InChI=1S/C10H8N6O2/c1-6-4-16-8(9(17)12-6)7(13-14-16)10(18)15-3-2-11-5-15/h2-5H,1H3,(H,12,17). The first kappa shape index (κ1) is 10.4. The van der Waals surface area contributed by atoms with Gasteiger partial charge in [0.15, 0.2) is 11.2 Å². The summed E-state index contributed by atoms with van der Waals surface area (Å²) in [5.74, 6) is -0.447. The van der Waals surface area contributed by atoms with Gasteiger partial charge < -0.3 is 4.98 Å². The van der Waals surface area contributed by atoms with Gasteiger partial charge in [-0.15, -0.1) is 5.10 Å². The summed E-state index contributed by atoms with van der Waals surface area (Å²) in [5, 5.41) is 7.51. The second-order valence-corrected chi connectivity index (χ2v) is 3.77. The largest absolute Gasteiger partial charge is 0.323 e. The molecule has 0 saturated carbocycles. The first-order chi connectivity index (χ1) is 8.66. The third-order valence-corrected chi connectivity index (χ3v) is 2.48. The van der Waals surface area contributed by atoms with Crippen LogP contribution in [0.2, 0.25) is 0 Å². The summed E-state index contributed by atoms with van der Waals surface area (Å²) in [6.45, 7) is 1.72. The van der Waals surface area contributed by atoms with Crippen molar-refractivity contribution in [1.29, 1.82) is 0 Å². The van der Waals surface area contributed by atoms with Crippen molar-refractivity contribution in [3.8, 4) is 0 Å². The molecule has 0 atom stereocenters. The average molecular weight is 244 g/mol. The summed E-state index contributed by atoms with van der Waals surface area (Å²) in [4.78, 5) is 30.3. The van der Waals surface area contributed by atoms with Crippen molar-refractivity contribution in [3.63, 3.8) is 0 Å². The van der Waals surface area contributed by atoms with Crippen molar-refractivity contribution in [3.05, 3.63) is 46.7 Å². The molecule has 8 heteroatoms. The van der Waals surface area contributed by atoms with Crippen molar-refractivity contribution in [1.82, 2.24) is 29.4 Å². The van der Waals surface area contributed by atoms with E-state index in [4.69, 9.17) is 0 Å². The van der Waals surface area contributed by atoms with Crippen molar-refractivity contribution in [2.75, 3.05) is 0 Å². The molecule has 0 saturated heterocycles. The lowest BCUT2D eigenvalue weighted by atomic mass is 10.3. The second-order valence-electron chi connectivity index (χ2n) is 3.77. The molecule has 0 aliphatic carbocycles. The fourth-order valence-corrected chi connectivity index (χ4v) is 1.70. The fraction of sp³-hybridized carbons (Fsp3) is 0.100. The number of carbonyl (C=O) groups excluding carboxylic acids is 1. The van der Waals surface area contributed by atoms with Gasteiger partial charge >= 0.3 is 0 Å². The molecule has 0 spiro atoms. The first-order valence-corrected chi connectivity index (χ1v) is 5.14. The van der Waals surface area contributed by atoms with Crippen LogP contribution in [0.4, 0.5) is 0 Å². The van der Waals surface area contributed by atoms with Gasteiger partial charge in [0, 0.05) is 18.1 Å². The van der Waals surface area contributed by atoms with Gasteiger partial charge in [0.25, 0.3) is 11.5 Å². The highest BCUT2D eigenvalue weighted by atomic mass is 16.2.